The summed E-state index contributed by atoms with van der Waals surface area (Å²) in [5.41, 5.74) is 0.601. The zero-order valence-electron chi connectivity index (χ0n) is 15.2. The van der Waals surface area contributed by atoms with Gasteiger partial charge in [0.05, 0.1) is 24.5 Å². The van der Waals surface area contributed by atoms with E-state index in [4.69, 9.17) is 4.74 Å². The predicted octanol–water partition coefficient (Wildman–Crippen LogP) is 0.881. The first kappa shape index (κ1) is 20.2. The number of methoxy groups -OCH3 is 1. The summed E-state index contributed by atoms with van der Waals surface area (Å²) in [6, 6.07) is 7.17. The van der Waals surface area contributed by atoms with Crippen LogP contribution in [0.15, 0.2) is 47.6 Å². The molecule has 0 bridgehead atoms. The molecular weight excluding hydrogens is 406 g/mol. The third-order valence-corrected chi connectivity index (χ3v) is 7.51. The van der Waals surface area contributed by atoms with Crippen molar-refractivity contribution in [1.82, 2.24) is 9.71 Å². The third kappa shape index (κ3) is 3.86. The number of ether oxygens (including phenoxy) is 1. The Morgan fingerprint density at radius 1 is 1.32 bits per heavy atom. The Bertz CT molecular complexity index is 1100. The lowest BCUT2D eigenvalue weighted by atomic mass is 10.2. The minimum Gasteiger partial charge on any atom is -0.495 e. The summed E-state index contributed by atoms with van der Waals surface area (Å²) in [6.45, 7) is 1.50. The Hall–Kier alpha value is -2.50. The number of aromatic nitrogens is 1. The molecule has 1 aromatic heterocycles. The maximum atomic E-state index is 12.8. The van der Waals surface area contributed by atoms with Crippen molar-refractivity contribution in [3.05, 3.63) is 48.3 Å². The number of sulfonamides is 2. The Balaban J connectivity index is 1.98. The van der Waals surface area contributed by atoms with E-state index in [9.17, 15) is 21.6 Å². The van der Waals surface area contributed by atoms with E-state index in [2.05, 4.69) is 9.71 Å². The molecule has 2 heterocycles. The lowest BCUT2D eigenvalue weighted by molar-refractivity contribution is -0.119. The first-order chi connectivity index (χ1) is 13.2. The first-order valence-corrected chi connectivity index (χ1v) is 11.4. The van der Waals surface area contributed by atoms with Gasteiger partial charge in [-0.05, 0) is 29.8 Å². The number of hydrogen-bond donors (Lipinski definition) is 1. The number of anilines is 1. The van der Waals surface area contributed by atoms with Crippen molar-refractivity contribution >= 4 is 31.6 Å². The van der Waals surface area contributed by atoms with Crippen molar-refractivity contribution in [3.63, 3.8) is 0 Å². The van der Waals surface area contributed by atoms with E-state index in [0.29, 0.717) is 9.87 Å². The topological polar surface area (TPSA) is 123 Å². The molecule has 0 saturated carbocycles. The zero-order valence-corrected chi connectivity index (χ0v) is 16.8. The van der Waals surface area contributed by atoms with Gasteiger partial charge in [0.2, 0.25) is 26.0 Å². The smallest absolute Gasteiger partial charge is 0.244 e. The van der Waals surface area contributed by atoms with E-state index in [0.717, 1.165) is 6.07 Å². The minimum absolute atomic E-state index is 0.0124. The van der Waals surface area contributed by atoms with Gasteiger partial charge < -0.3 is 4.74 Å². The van der Waals surface area contributed by atoms with Crippen LogP contribution in [0.25, 0.3) is 0 Å². The van der Waals surface area contributed by atoms with Crippen LogP contribution in [0, 0.1) is 5.92 Å². The highest BCUT2D eigenvalue weighted by atomic mass is 32.2. The fourth-order valence-electron chi connectivity index (χ4n) is 2.85. The van der Waals surface area contributed by atoms with Crippen LogP contribution in [0.2, 0.25) is 0 Å². The third-order valence-electron chi connectivity index (χ3n) is 4.22. The maximum Gasteiger partial charge on any atom is 0.244 e. The Kier molecular flexibility index (Phi) is 5.41. The van der Waals surface area contributed by atoms with Crippen molar-refractivity contribution in [2.45, 2.75) is 18.4 Å². The average Bonchev–Trinajstić information content (AvgIpc) is 2.87. The molecule has 11 heteroatoms. The second-order valence-corrected chi connectivity index (χ2v) is 9.90. The molecule has 0 spiro atoms. The molecule has 1 aliphatic rings. The van der Waals surface area contributed by atoms with Crippen molar-refractivity contribution < 1.29 is 26.4 Å². The molecule has 28 heavy (non-hydrogen) atoms. The minimum atomic E-state index is -4.06. The van der Waals surface area contributed by atoms with Gasteiger partial charge in [0.1, 0.15) is 10.6 Å². The van der Waals surface area contributed by atoms with Gasteiger partial charge >= 0.3 is 0 Å². The molecule has 1 unspecified atom stereocenters. The molecule has 1 N–H and O–H groups in total. The fourth-order valence-corrected chi connectivity index (χ4v) is 5.86. The zero-order chi connectivity index (χ0) is 20.5. The van der Waals surface area contributed by atoms with E-state index in [1.54, 1.807) is 18.3 Å². The number of carbonyl (C=O) groups is 1. The molecule has 1 aromatic carbocycles. The van der Waals surface area contributed by atoms with Gasteiger partial charge in [-0.3, -0.25) is 9.78 Å². The second-order valence-electron chi connectivity index (χ2n) is 6.30. The van der Waals surface area contributed by atoms with Crippen LogP contribution in [0.1, 0.15) is 12.5 Å². The SMILES string of the molecule is COc1ccc(N2C(=O)C(C)CS2(=O)=O)cc1S(=O)(=O)NCc1cccnc1. The van der Waals surface area contributed by atoms with Crippen LogP contribution < -0.4 is 13.8 Å². The summed E-state index contributed by atoms with van der Waals surface area (Å²) in [5.74, 6) is -1.59. The number of amides is 1. The van der Waals surface area contributed by atoms with Gasteiger partial charge in [-0.15, -0.1) is 0 Å². The normalized spacial score (nSPS) is 19.0. The van der Waals surface area contributed by atoms with Crippen LogP contribution in [-0.2, 0) is 31.4 Å². The van der Waals surface area contributed by atoms with Gasteiger partial charge in [0, 0.05) is 18.9 Å². The highest BCUT2D eigenvalue weighted by Crippen LogP contribution is 2.33. The highest BCUT2D eigenvalue weighted by molar-refractivity contribution is 7.94. The van der Waals surface area contributed by atoms with E-state index in [1.165, 1.54) is 32.4 Å². The summed E-state index contributed by atoms with van der Waals surface area (Å²) in [4.78, 5) is 15.9. The van der Waals surface area contributed by atoms with Crippen LogP contribution in [0.5, 0.6) is 5.75 Å². The second kappa shape index (κ2) is 7.49. The van der Waals surface area contributed by atoms with Crippen LogP contribution in [0.4, 0.5) is 5.69 Å². The van der Waals surface area contributed by atoms with Crippen molar-refractivity contribution in [3.8, 4) is 5.75 Å². The van der Waals surface area contributed by atoms with E-state index >= 15 is 0 Å². The molecule has 1 amide bonds. The summed E-state index contributed by atoms with van der Waals surface area (Å²) < 4.78 is 58.4. The van der Waals surface area contributed by atoms with E-state index in [-0.39, 0.29) is 28.6 Å². The molecule has 1 fully saturated rings. The van der Waals surface area contributed by atoms with Gasteiger partial charge in [-0.25, -0.2) is 25.9 Å². The number of carbonyl (C=O) groups excluding carboxylic acids is 1. The number of rotatable bonds is 6. The number of pyridine rings is 1. The summed E-state index contributed by atoms with van der Waals surface area (Å²) >= 11 is 0. The predicted molar refractivity (Wildman–Crippen MR) is 102 cm³/mol. The van der Waals surface area contributed by atoms with E-state index in [1.807, 2.05) is 0 Å². The summed E-state index contributed by atoms with van der Waals surface area (Å²) in [7, 11) is -6.61. The molecule has 2 aromatic rings. The fraction of sp³-hybridized carbons (Fsp3) is 0.294. The van der Waals surface area contributed by atoms with Crippen LogP contribution in [-0.4, -0.2) is 40.6 Å². The monoisotopic (exact) mass is 425 g/mol. The maximum absolute atomic E-state index is 12.8. The first-order valence-electron chi connectivity index (χ1n) is 8.29. The number of nitrogens with zero attached hydrogens (tertiary/aromatic N) is 2. The molecule has 1 atom stereocenters. The Morgan fingerprint density at radius 3 is 2.64 bits per heavy atom. The molecule has 1 aliphatic heterocycles. The van der Waals surface area contributed by atoms with Gasteiger partial charge in [0.25, 0.3) is 0 Å². The van der Waals surface area contributed by atoms with Crippen molar-refractivity contribution in [2.75, 3.05) is 17.2 Å². The number of benzene rings is 1. The van der Waals surface area contributed by atoms with Crippen LogP contribution in [0.3, 0.4) is 0 Å². The molecule has 1 saturated heterocycles. The lowest BCUT2D eigenvalue weighted by Gasteiger charge is -2.18. The van der Waals surface area contributed by atoms with E-state index < -0.39 is 31.9 Å². The lowest BCUT2D eigenvalue weighted by Crippen LogP contribution is -2.31. The molecule has 0 aliphatic carbocycles. The summed E-state index contributed by atoms with van der Waals surface area (Å²) in [6.07, 6.45) is 3.09. The Labute approximate surface area is 163 Å². The Morgan fingerprint density at radius 2 is 2.07 bits per heavy atom. The standard InChI is InChI=1S/C17H19N3O6S2/c1-12-11-27(22,23)20(17(12)21)14-5-6-15(26-2)16(8-14)28(24,25)19-10-13-4-3-7-18-9-13/h3-9,12,19H,10-11H2,1-2H3. The average molecular weight is 425 g/mol. The molecule has 0 radical (unpaired) electrons. The molecule has 150 valence electrons. The van der Waals surface area contributed by atoms with Crippen molar-refractivity contribution in [1.29, 1.82) is 0 Å². The highest BCUT2D eigenvalue weighted by Gasteiger charge is 2.42. The number of nitrogens with one attached hydrogen (secondary N) is 1. The van der Waals surface area contributed by atoms with Crippen LogP contribution >= 0.6 is 0 Å². The van der Waals surface area contributed by atoms with Gasteiger partial charge in [-0.2, -0.15) is 0 Å². The molecule has 3 rings (SSSR count). The summed E-state index contributed by atoms with van der Waals surface area (Å²) in [5, 5.41) is 0. The van der Waals surface area contributed by atoms with Gasteiger partial charge in [-0.1, -0.05) is 13.0 Å². The van der Waals surface area contributed by atoms with Crippen molar-refractivity contribution in [2.24, 2.45) is 5.92 Å². The molecule has 9 nitrogen and oxygen atoms in total. The quantitative estimate of drug-likeness (QED) is 0.729. The molecular formula is C17H19N3O6S2. The number of hydrogen-bond acceptors (Lipinski definition) is 7. The largest absolute Gasteiger partial charge is 0.495 e. The van der Waals surface area contributed by atoms with Gasteiger partial charge in [0.15, 0.2) is 0 Å².